The van der Waals surface area contributed by atoms with E-state index in [1.54, 1.807) is 6.07 Å². The fourth-order valence-electron chi connectivity index (χ4n) is 1.79. The number of hydrogen-bond acceptors (Lipinski definition) is 4. The summed E-state index contributed by atoms with van der Waals surface area (Å²) in [5.41, 5.74) is 0.902. The van der Waals surface area contributed by atoms with Crippen molar-refractivity contribution in [3.63, 3.8) is 0 Å². The number of halogens is 2. The first kappa shape index (κ1) is 15.4. The summed E-state index contributed by atoms with van der Waals surface area (Å²) in [4.78, 5) is 11.1. The molecule has 110 valence electrons. The van der Waals surface area contributed by atoms with E-state index < -0.39 is 0 Å². The number of hydrogen-bond donors (Lipinski definition) is 1. The van der Waals surface area contributed by atoms with E-state index in [4.69, 9.17) is 27.9 Å². The second-order valence-electron chi connectivity index (χ2n) is 4.71. The first-order valence-electron chi connectivity index (χ1n) is 6.51. The summed E-state index contributed by atoms with van der Waals surface area (Å²) in [6, 6.07) is 4.05. The Morgan fingerprint density at radius 2 is 2.15 bits per heavy atom. The van der Waals surface area contributed by atoms with Crippen LogP contribution in [0.15, 0.2) is 12.1 Å². The van der Waals surface area contributed by atoms with Crippen LogP contribution in [0.2, 0.25) is 10.0 Å². The first-order chi connectivity index (χ1) is 9.60. The lowest BCUT2D eigenvalue weighted by Gasteiger charge is -2.14. The Balaban J connectivity index is 2.01. The minimum atomic E-state index is -0.312. The van der Waals surface area contributed by atoms with Gasteiger partial charge in [-0.15, -0.1) is 0 Å². The topological polar surface area (TPSA) is 47.6 Å². The lowest BCUT2D eigenvalue weighted by atomic mass is 10.2. The van der Waals surface area contributed by atoms with Crippen LogP contribution in [0, 0.1) is 0 Å². The molecule has 20 heavy (non-hydrogen) atoms. The van der Waals surface area contributed by atoms with Crippen LogP contribution in [0.3, 0.4) is 0 Å². The first-order valence-corrected chi connectivity index (χ1v) is 7.26. The Hall–Kier alpha value is -0.970. The zero-order valence-corrected chi connectivity index (χ0v) is 12.8. The normalized spacial score (nSPS) is 14.2. The summed E-state index contributed by atoms with van der Waals surface area (Å²) < 4.78 is 10.2. The largest absolute Gasteiger partial charge is 0.491 e. The zero-order chi connectivity index (χ0) is 14.5. The van der Waals surface area contributed by atoms with Crippen LogP contribution in [-0.2, 0) is 16.1 Å². The molecule has 1 aliphatic rings. The summed E-state index contributed by atoms with van der Waals surface area (Å²) in [6.07, 6.45) is 2.59. The van der Waals surface area contributed by atoms with E-state index in [0.717, 1.165) is 5.56 Å². The van der Waals surface area contributed by atoms with Crippen molar-refractivity contribution in [3.05, 3.63) is 27.7 Å². The van der Waals surface area contributed by atoms with E-state index in [1.165, 1.54) is 20.0 Å². The molecule has 1 N–H and O–H groups in total. The van der Waals surface area contributed by atoms with Gasteiger partial charge >= 0.3 is 5.97 Å². The van der Waals surface area contributed by atoms with Crippen LogP contribution < -0.4 is 10.1 Å². The van der Waals surface area contributed by atoms with Gasteiger partial charge < -0.3 is 14.8 Å². The Labute approximate surface area is 128 Å². The molecule has 0 saturated heterocycles. The standard InChI is InChI=1S/C14H17Cl2NO3/c1-19-13(18)4-5-20-14-9(8-17-11-2-3-11)6-10(15)7-12(14)16/h6-7,11,17H,2-5,8H2,1H3. The number of carbonyl (C=O) groups excluding carboxylic acids is 1. The molecule has 1 fully saturated rings. The second kappa shape index (κ2) is 7.16. The SMILES string of the molecule is COC(=O)CCOc1c(Cl)cc(Cl)cc1CNC1CC1. The van der Waals surface area contributed by atoms with E-state index in [1.807, 2.05) is 6.07 Å². The molecule has 0 aromatic heterocycles. The molecule has 1 aliphatic carbocycles. The van der Waals surface area contributed by atoms with Gasteiger partial charge in [0.2, 0.25) is 0 Å². The predicted molar refractivity (Wildman–Crippen MR) is 78.5 cm³/mol. The van der Waals surface area contributed by atoms with Gasteiger partial charge in [0.25, 0.3) is 0 Å². The average molecular weight is 318 g/mol. The number of methoxy groups -OCH3 is 1. The van der Waals surface area contributed by atoms with Gasteiger partial charge in [-0.1, -0.05) is 23.2 Å². The molecule has 2 rings (SSSR count). The Kier molecular flexibility index (Phi) is 5.52. The molecule has 4 nitrogen and oxygen atoms in total. The van der Waals surface area contributed by atoms with Crippen LogP contribution in [-0.4, -0.2) is 25.7 Å². The number of benzene rings is 1. The number of nitrogens with one attached hydrogen (secondary N) is 1. The van der Waals surface area contributed by atoms with Gasteiger partial charge in [-0.25, -0.2) is 0 Å². The van der Waals surface area contributed by atoms with Crippen LogP contribution in [0.1, 0.15) is 24.8 Å². The van der Waals surface area contributed by atoms with Crippen molar-refractivity contribution in [2.24, 2.45) is 0 Å². The summed E-state index contributed by atoms with van der Waals surface area (Å²) in [6.45, 7) is 0.878. The van der Waals surface area contributed by atoms with Crippen LogP contribution in [0.25, 0.3) is 0 Å². The summed E-state index contributed by atoms with van der Waals surface area (Å²) in [5, 5.41) is 4.41. The van der Waals surface area contributed by atoms with Crippen molar-refractivity contribution >= 4 is 29.2 Å². The highest BCUT2D eigenvalue weighted by Gasteiger charge is 2.21. The highest BCUT2D eigenvalue weighted by molar-refractivity contribution is 6.35. The fraction of sp³-hybridized carbons (Fsp3) is 0.500. The molecule has 1 saturated carbocycles. The van der Waals surface area contributed by atoms with Gasteiger partial charge in [-0.3, -0.25) is 4.79 Å². The summed E-state index contributed by atoms with van der Waals surface area (Å²) in [7, 11) is 1.35. The smallest absolute Gasteiger partial charge is 0.308 e. The van der Waals surface area contributed by atoms with E-state index >= 15 is 0 Å². The molecule has 0 aliphatic heterocycles. The van der Waals surface area contributed by atoms with Crippen LogP contribution in [0.4, 0.5) is 0 Å². The molecule has 0 bridgehead atoms. The molecule has 1 aromatic rings. The molecule has 1 aromatic carbocycles. The lowest BCUT2D eigenvalue weighted by Crippen LogP contribution is -2.17. The molecular formula is C14H17Cl2NO3. The van der Waals surface area contributed by atoms with Crippen molar-refractivity contribution in [3.8, 4) is 5.75 Å². The minimum Gasteiger partial charge on any atom is -0.491 e. The third-order valence-corrected chi connectivity index (χ3v) is 3.52. The van der Waals surface area contributed by atoms with Gasteiger partial charge in [-0.2, -0.15) is 0 Å². The van der Waals surface area contributed by atoms with E-state index in [9.17, 15) is 4.79 Å². The van der Waals surface area contributed by atoms with Gasteiger partial charge in [0.15, 0.2) is 0 Å². The molecular weight excluding hydrogens is 301 g/mol. The quantitative estimate of drug-likeness (QED) is 0.785. The van der Waals surface area contributed by atoms with Crippen LogP contribution in [0.5, 0.6) is 5.75 Å². The van der Waals surface area contributed by atoms with Crippen molar-refractivity contribution in [1.82, 2.24) is 5.32 Å². The van der Waals surface area contributed by atoms with E-state index in [-0.39, 0.29) is 19.0 Å². The zero-order valence-electron chi connectivity index (χ0n) is 11.2. The Bertz CT molecular complexity index is 490. The van der Waals surface area contributed by atoms with Crippen LogP contribution >= 0.6 is 23.2 Å². The lowest BCUT2D eigenvalue weighted by molar-refractivity contribution is -0.141. The maximum Gasteiger partial charge on any atom is 0.308 e. The number of carbonyl (C=O) groups is 1. The fourth-order valence-corrected chi connectivity index (χ4v) is 2.38. The van der Waals surface area contributed by atoms with Crippen molar-refractivity contribution < 1.29 is 14.3 Å². The van der Waals surface area contributed by atoms with Gasteiger partial charge in [0, 0.05) is 23.2 Å². The molecule has 0 atom stereocenters. The van der Waals surface area contributed by atoms with E-state index in [2.05, 4.69) is 10.1 Å². The van der Waals surface area contributed by atoms with Gasteiger partial charge in [0.1, 0.15) is 5.75 Å². The third-order valence-electron chi connectivity index (χ3n) is 3.02. The second-order valence-corrected chi connectivity index (χ2v) is 5.55. The van der Waals surface area contributed by atoms with Crippen molar-refractivity contribution in [2.45, 2.75) is 31.8 Å². The van der Waals surface area contributed by atoms with Crippen molar-refractivity contribution in [2.75, 3.05) is 13.7 Å². The highest BCUT2D eigenvalue weighted by atomic mass is 35.5. The molecule has 0 amide bonds. The molecule has 0 spiro atoms. The molecule has 0 heterocycles. The number of ether oxygens (including phenoxy) is 2. The third kappa shape index (κ3) is 4.54. The highest BCUT2D eigenvalue weighted by Crippen LogP contribution is 2.33. The van der Waals surface area contributed by atoms with Gasteiger partial charge in [0.05, 0.1) is 25.2 Å². The Morgan fingerprint density at radius 1 is 1.40 bits per heavy atom. The number of rotatable bonds is 7. The average Bonchev–Trinajstić information content (AvgIpc) is 3.22. The maximum atomic E-state index is 11.1. The Morgan fingerprint density at radius 3 is 2.80 bits per heavy atom. The molecule has 6 heteroatoms. The maximum absolute atomic E-state index is 11.1. The predicted octanol–water partition coefficient (Wildman–Crippen LogP) is 3.19. The van der Waals surface area contributed by atoms with E-state index in [0.29, 0.717) is 28.4 Å². The minimum absolute atomic E-state index is 0.185. The molecule has 0 radical (unpaired) electrons. The summed E-state index contributed by atoms with van der Waals surface area (Å²) in [5.74, 6) is 0.265. The van der Waals surface area contributed by atoms with Crippen molar-refractivity contribution in [1.29, 1.82) is 0 Å². The summed E-state index contributed by atoms with van der Waals surface area (Å²) >= 11 is 12.2. The van der Waals surface area contributed by atoms with Gasteiger partial charge in [-0.05, 0) is 25.0 Å². The molecule has 0 unspecified atom stereocenters. The monoisotopic (exact) mass is 317 g/mol. The number of esters is 1.